The van der Waals surface area contributed by atoms with Crippen molar-refractivity contribution in [1.82, 2.24) is 10.2 Å². The molecule has 1 aromatic heterocycles. The molecule has 22 heavy (non-hydrogen) atoms. The highest BCUT2D eigenvalue weighted by Crippen LogP contribution is 2.17. The van der Waals surface area contributed by atoms with Gasteiger partial charge in [0.15, 0.2) is 18.2 Å². The molecule has 3 rings (SSSR count). The summed E-state index contributed by atoms with van der Waals surface area (Å²) in [6, 6.07) is 12.9. The minimum atomic E-state index is -0.257. The van der Waals surface area contributed by atoms with Crippen molar-refractivity contribution in [2.24, 2.45) is 0 Å². The summed E-state index contributed by atoms with van der Waals surface area (Å²) in [5.74, 6) is 1.70. The maximum absolute atomic E-state index is 11.8. The molecule has 0 unspecified atom stereocenters. The van der Waals surface area contributed by atoms with Crippen LogP contribution in [0.2, 0.25) is 0 Å². The Morgan fingerprint density at radius 2 is 1.86 bits per heavy atom. The summed E-state index contributed by atoms with van der Waals surface area (Å²) in [4.78, 5) is 14.0. The Morgan fingerprint density at radius 1 is 1.09 bits per heavy atom. The number of nitrogens with one attached hydrogen (secondary N) is 1. The fourth-order valence-electron chi connectivity index (χ4n) is 2.35. The number of hydrogen-bond donors (Lipinski definition) is 1. The van der Waals surface area contributed by atoms with E-state index in [1.807, 2.05) is 24.3 Å². The molecule has 0 spiro atoms. The van der Waals surface area contributed by atoms with E-state index in [9.17, 15) is 4.79 Å². The number of hydrogen-bond acceptors (Lipinski definition) is 5. The molecule has 114 valence electrons. The van der Waals surface area contributed by atoms with Crippen molar-refractivity contribution >= 4 is 17.5 Å². The first-order valence-corrected chi connectivity index (χ1v) is 7.38. The Hall–Kier alpha value is -2.63. The molecule has 1 fully saturated rings. The fraction of sp³-hybridized carbons (Fsp3) is 0.312. The molecule has 0 bridgehead atoms. The number of nitrogens with zero attached hydrogens (tertiary/aromatic N) is 3. The molecular weight excluding hydrogens is 280 g/mol. The van der Waals surface area contributed by atoms with E-state index in [2.05, 4.69) is 20.4 Å². The molecule has 1 N–H and O–H groups in total. The Balaban J connectivity index is 1.50. The number of ether oxygens (including phenoxy) is 1. The standard InChI is InChI=1S/C16H18N4O2/c21-16(12-22-13-6-2-1-3-7-13)17-14-8-9-15(19-18-14)20-10-4-5-11-20/h1-3,6-9H,4-5,10-12H2,(H,17,18,21). The molecule has 1 aliphatic rings. The Bertz CT molecular complexity index is 610. The molecule has 1 amide bonds. The topological polar surface area (TPSA) is 67.3 Å². The molecule has 6 heteroatoms. The van der Waals surface area contributed by atoms with Crippen molar-refractivity contribution in [1.29, 1.82) is 0 Å². The monoisotopic (exact) mass is 298 g/mol. The lowest BCUT2D eigenvalue weighted by atomic mass is 10.3. The summed E-state index contributed by atoms with van der Waals surface area (Å²) in [6.07, 6.45) is 2.38. The molecule has 0 aliphatic carbocycles. The Morgan fingerprint density at radius 3 is 2.55 bits per heavy atom. The number of carbonyl (C=O) groups is 1. The van der Waals surface area contributed by atoms with Crippen molar-refractivity contribution in [3.63, 3.8) is 0 Å². The fourth-order valence-corrected chi connectivity index (χ4v) is 2.35. The molecule has 2 heterocycles. The Kier molecular flexibility index (Phi) is 4.48. The summed E-state index contributed by atoms with van der Waals surface area (Å²) in [6.45, 7) is 1.98. The van der Waals surface area contributed by atoms with Crippen LogP contribution in [0.1, 0.15) is 12.8 Å². The summed E-state index contributed by atoms with van der Waals surface area (Å²) < 4.78 is 5.38. The zero-order valence-electron chi connectivity index (χ0n) is 12.2. The number of aromatic nitrogens is 2. The van der Waals surface area contributed by atoms with E-state index in [4.69, 9.17) is 4.74 Å². The number of carbonyl (C=O) groups excluding carboxylic acids is 1. The van der Waals surface area contributed by atoms with E-state index in [-0.39, 0.29) is 12.5 Å². The normalized spacial score (nSPS) is 13.9. The zero-order valence-corrected chi connectivity index (χ0v) is 12.2. The third kappa shape index (κ3) is 3.72. The summed E-state index contributed by atoms with van der Waals surface area (Å²) in [7, 11) is 0. The van der Waals surface area contributed by atoms with Gasteiger partial charge in [-0.1, -0.05) is 18.2 Å². The van der Waals surface area contributed by atoms with Crippen LogP contribution in [-0.2, 0) is 4.79 Å². The number of benzene rings is 1. The zero-order chi connectivity index (χ0) is 15.2. The summed E-state index contributed by atoms with van der Waals surface area (Å²) >= 11 is 0. The maximum Gasteiger partial charge on any atom is 0.263 e. The molecule has 0 radical (unpaired) electrons. The quantitative estimate of drug-likeness (QED) is 0.915. The molecule has 2 aromatic rings. The largest absolute Gasteiger partial charge is 0.484 e. The average Bonchev–Trinajstić information content (AvgIpc) is 3.09. The smallest absolute Gasteiger partial charge is 0.263 e. The third-order valence-corrected chi connectivity index (χ3v) is 3.46. The van der Waals surface area contributed by atoms with Crippen molar-refractivity contribution in [3.05, 3.63) is 42.5 Å². The van der Waals surface area contributed by atoms with Gasteiger partial charge in [0.05, 0.1) is 0 Å². The minimum absolute atomic E-state index is 0.0560. The third-order valence-electron chi connectivity index (χ3n) is 3.46. The van der Waals surface area contributed by atoms with Gasteiger partial charge in [0, 0.05) is 13.1 Å². The second-order valence-corrected chi connectivity index (χ2v) is 5.12. The molecule has 1 saturated heterocycles. The second kappa shape index (κ2) is 6.89. The molecular formula is C16H18N4O2. The molecule has 1 aliphatic heterocycles. The number of para-hydroxylation sites is 1. The van der Waals surface area contributed by atoms with Crippen LogP contribution in [0.25, 0.3) is 0 Å². The maximum atomic E-state index is 11.8. The van der Waals surface area contributed by atoms with E-state index in [0.717, 1.165) is 18.9 Å². The number of rotatable bonds is 5. The van der Waals surface area contributed by atoms with E-state index in [1.165, 1.54) is 12.8 Å². The van der Waals surface area contributed by atoms with Crippen molar-refractivity contribution in [3.8, 4) is 5.75 Å². The summed E-state index contributed by atoms with van der Waals surface area (Å²) in [5, 5.41) is 10.9. The van der Waals surface area contributed by atoms with Crippen LogP contribution < -0.4 is 15.0 Å². The molecule has 6 nitrogen and oxygen atoms in total. The first-order valence-electron chi connectivity index (χ1n) is 7.38. The molecule has 0 saturated carbocycles. The average molecular weight is 298 g/mol. The van der Waals surface area contributed by atoms with Crippen molar-refractivity contribution in [2.75, 3.05) is 29.9 Å². The lowest BCUT2D eigenvalue weighted by Crippen LogP contribution is -2.22. The van der Waals surface area contributed by atoms with Gasteiger partial charge < -0.3 is 15.0 Å². The van der Waals surface area contributed by atoms with Crippen LogP contribution in [0.5, 0.6) is 5.75 Å². The van der Waals surface area contributed by atoms with Crippen LogP contribution in [0.3, 0.4) is 0 Å². The highest BCUT2D eigenvalue weighted by atomic mass is 16.5. The van der Waals surface area contributed by atoms with Gasteiger partial charge in [-0.25, -0.2) is 0 Å². The lowest BCUT2D eigenvalue weighted by Gasteiger charge is -2.15. The predicted molar refractivity (Wildman–Crippen MR) is 84.0 cm³/mol. The van der Waals surface area contributed by atoms with Crippen molar-refractivity contribution < 1.29 is 9.53 Å². The molecule has 1 aromatic carbocycles. The van der Waals surface area contributed by atoms with Crippen LogP contribution in [0.4, 0.5) is 11.6 Å². The van der Waals surface area contributed by atoms with Crippen LogP contribution >= 0.6 is 0 Å². The summed E-state index contributed by atoms with van der Waals surface area (Å²) in [5.41, 5.74) is 0. The predicted octanol–water partition coefficient (Wildman–Crippen LogP) is 2.09. The van der Waals surface area contributed by atoms with Gasteiger partial charge >= 0.3 is 0 Å². The van der Waals surface area contributed by atoms with Gasteiger partial charge in [0.25, 0.3) is 5.91 Å². The van der Waals surface area contributed by atoms with Gasteiger partial charge in [0.2, 0.25) is 0 Å². The number of amides is 1. The Labute approximate surface area is 129 Å². The second-order valence-electron chi connectivity index (χ2n) is 5.12. The van der Waals surface area contributed by atoms with Crippen molar-refractivity contribution in [2.45, 2.75) is 12.8 Å². The number of anilines is 2. The molecule has 0 atom stereocenters. The van der Waals surface area contributed by atoms with Gasteiger partial charge in [-0.3, -0.25) is 4.79 Å². The highest BCUT2D eigenvalue weighted by molar-refractivity contribution is 5.90. The van der Waals surface area contributed by atoms with Crippen LogP contribution in [0, 0.1) is 0 Å². The van der Waals surface area contributed by atoms with Gasteiger partial charge in [-0.2, -0.15) is 0 Å². The lowest BCUT2D eigenvalue weighted by molar-refractivity contribution is -0.118. The van der Waals surface area contributed by atoms with Gasteiger partial charge in [-0.15, -0.1) is 10.2 Å². The minimum Gasteiger partial charge on any atom is -0.484 e. The van der Waals surface area contributed by atoms with Gasteiger partial charge in [-0.05, 0) is 37.1 Å². The van der Waals surface area contributed by atoms with Crippen LogP contribution in [0.15, 0.2) is 42.5 Å². The van der Waals surface area contributed by atoms with E-state index >= 15 is 0 Å². The van der Waals surface area contributed by atoms with Crippen LogP contribution in [-0.4, -0.2) is 35.8 Å². The van der Waals surface area contributed by atoms with E-state index in [1.54, 1.807) is 18.2 Å². The van der Waals surface area contributed by atoms with E-state index < -0.39 is 0 Å². The first-order chi connectivity index (χ1) is 10.8. The first kappa shape index (κ1) is 14.3. The highest BCUT2D eigenvalue weighted by Gasteiger charge is 2.14. The van der Waals surface area contributed by atoms with Gasteiger partial charge in [0.1, 0.15) is 5.75 Å². The SMILES string of the molecule is O=C(COc1ccccc1)Nc1ccc(N2CCCC2)nn1. The van der Waals surface area contributed by atoms with E-state index in [0.29, 0.717) is 11.6 Å².